The predicted octanol–water partition coefficient (Wildman–Crippen LogP) is 1.78. The summed E-state index contributed by atoms with van der Waals surface area (Å²) in [7, 11) is -1.80. The summed E-state index contributed by atoms with van der Waals surface area (Å²) < 4.78 is 36.8. The third-order valence-corrected chi connectivity index (χ3v) is 5.47. The van der Waals surface area contributed by atoms with Crippen LogP contribution in [0, 0.1) is 5.92 Å². The number of sulfonamides is 1. The number of methoxy groups -OCH3 is 1. The molecule has 2 N–H and O–H groups in total. The molecular weight excluding hydrogens is 356 g/mol. The van der Waals surface area contributed by atoms with Crippen LogP contribution in [0.3, 0.4) is 0 Å². The second kappa shape index (κ2) is 7.77. The first-order chi connectivity index (χ1) is 12.4. The van der Waals surface area contributed by atoms with Gasteiger partial charge in [-0.25, -0.2) is 13.1 Å². The van der Waals surface area contributed by atoms with Gasteiger partial charge in [0, 0.05) is 24.5 Å². The Morgan fingerprint density at radius 2 is 2.08 bits per heavy atom. The van der Waals surface area contributed by atoms with Crippen molar-refractivity contribution < 1.29 is 22.4 Å². The van der Waals surface area contributed by atoms with Crippen molar-refractivity contribution in [3.63, 3.8) is 0 Å². The average Bonchev–Trinajstić information content (AvgIpc) is 3.01. The van der Waals surface area contributed by atoms with Crippen molar-refractivity contribution in [2.24, 2.45) is 5.92 Å². The van der Waals surface area contributed by atoms with Gasteiger partial charge in [0.1, 0.15) is 11.3 Å². The Balaban J connectivity index is 1.60. The highest BCUT2D eigenvalue weighted by molar-refractivity contribution is 7.88. The molecule has 7 nitrogen and oxygen atoms in total. The molecule has 1 saturated carbocycles. The van der Waals surface area contributed by atoms with E-state index in [0.29, 0.717) is 31.6 Å². The highest BCUT2D eigenvalue weighted by Gasteiger charge is 2.35. The van der Waals surface area contributed by atoms with Crippen LogP contribution in [0.25, 0.3) is 11.0 Å². The number of ether oxygens (including phenoxy) is 1. The summed E-state index contributed by atoms with van der Waals surface area (Å²) in [5.74, 6) is 0.335. The van der Waals surface area contributed by atoms with Gasteiger partial charge in [-0.3, -0.25) is 4.79 Å². The van der Waals surface area contributed by atoms with Crippen molar-refractivity contribution in [3.8, 4) is 0 Å². The fourth-order valence-electron chi connectivity index (χ4n) is 3.50. The van der Waals surface area contributed by atoms with E-state index in [9.17, 15) is 13.2 Å². The quantitative estimate of drug-likeness (QED) is 0.796. The van der Waals surface area contributed by atoms with E-state index in [-0.39, 0.29) is 17.9 Å². The molecule has 1 fully saturated rings. The van der Waals surface area contributed by atoms with E-state index in [0.717, 1.165) is 17.2 Å². The highest BCUT2D eigenvalue weighted by atomic mass is 32.2. The van der Waals surface area contributed by atoms with Crippen LogP contribution in [0.15, 0.2) is 34.7 Å². The van der Waals surface area contributed by atoms with Gasteiger partial charge in [-0.15, -0.1) is 0 Å². The number of para-hydroxylation sites is 1. The molecule has 1 aliphatic rings. The number of carbonyl (C=O) groups excluding carboxylic acids is 1. The zero-order chi connectivity index (χ0) is 18.7. The molecule has 0 bridgehead atoms. The van der Waals surface area contributed by atoms with Crippen LogP contribution in [0.1, 0.15) is 25.0 Å². The minimum absolute atomic E-state index is 0.0969. The van der Waals surface area contributed by atoms with Gasteiger partial charge in [0.05, 0.1) is 18.9 Å². The first-order valence-electron chi connectivity index (χ1n) is 8.61. The number of nitrogens with one attached hydrogen (secondary N) is 2. The Kier molecular flexibility index (Phi) is 5.64. The van der Waals surface area contributed by atoms with Crippen LogP contribution in [-0.4, -0.2) is 39.8 Å². The van der Waals surface area contributed by atoms with Crippen molar-refractivity contribution in [2.75, 3.05) is 13.4 Å². The molecule has 0 radical (unpaired) electrons. The number of hydrogen-bond donors (Lipinski definition) is 2. The highest BCUT2D eigenvalue weighted by Crippen LogP contribution is 2.27. The summed E-state index contributed by atoms with van der Waals surface area (Å²) in [6, 6.07) is 9.18. The minimum atomic E-state index is -3.36. The Hall–Kier alpha value is -1.90. The lowest BCUT2D eigenvalue weighted by Crippen LogP contribution is -2.49. The van der Waals surface area contributed by atoms with E-state index in [2.05, 4.69) is 10.0 Å². The van der Waals surface area contributed by atoms with Gasteiger partial charge in [-0.2, -0.15) is 0 Å². The van der Waals surface area contributed by atoms with Gasteiger partial charge in [0.2, 0.25) is 15.9 Å². The summed E-state index contributed by atoms with van der Waals surface area (Å²) in [4.78, 5) is 12.5. The van der Waals surface area contributed by atoms with Crippen molar-refractivity contribution in [1.29, 1.82) is 0 Å². The molecule has 0 aliphatic heterocycles. The fourth-order valence-corrected chi connectivity index (χ4v) is 4.30. The van der Waals surface area contributed by atoms with Crippen LogP contribution in [-0.2, 0) is 26.1 Å². The summed E-state index contributed by atoms with van der Waals surface area (Å²) in [6.07, 6.45) is 2.60. The third-order valence-electron chi connectivity index (χ3n) is 4.74. The largest absolute Gasteiger partial charge is 0.459 e. The van der Waals surface area contributed by atoms with Crippen LogP contribution < -0.4 is 10.0 Å². The van der Waals surface area contributed by atoms with E-state index >= 15 is 0 Å². The number of carbonyl (C=O) groups is 1. The summed E-state index contributed by atoms with van der Waals surface area (Å²) in [5.41, 5.74) is 0.787. The molecule has 0 saturated heterocycles. The summed E-state index contributed by atoms with van der Waals surface area (Å²) >= 11 is 0. The Morgan fingerprint density at radius 3 is 2.77 bits per heavy atom. The number of amides is 1. The summed E-state index contributed by atoms with van der Waals surface area (Å²) in [6.45, 7) is 0.307. The van der Waals surface area contributed by atoms with Crippen LogP contribution in [0.5, 0.6) is 0 Å². The van der Waals surface area contributed by atoms with Crippen LogP contribution >= 0.6 is 0 Å². The van der Waals surface area contributed by atoms with E-state index < -0.39 is 16.1 Å². The van der Waals surface area contributed by atoms with E-state index in [1.54, 1.807) is 7.11 Å². The average molecular weight is 380 g/mol. The van der Waals surface area contributed by atoms with E-state index in [1.807, 2.05) is 30.3 Å². The van der Waals surface area contributed by atoms with Crippen LogP contribution in [0.4, 0.5) is 0 Å². The van der Waals surface area contributed by atoms with Crippen molar-refractivity contribution in [2.45, 2.75) is 38.0 Å². The Labute approximate surface area is 153 Å². The van der Waals surface area contributed by atoms with Gasteiger partial charge >= 0.3 is 0 Å². The van der Waals surface area contributed by atoms with Crippen molar-refractivity contribution in [1.82, 2.24) is 10.0 Å². The lowest BCUT2D eigenvalue weighted by atomic mass is 9.83. The molecular formula is C18H24N2O5S. The Bertz CT molecular complexity index is 844. The molecule has 2 aromatic rings. The molecule has 1 aromatic heterocycles. The minimum Gasteiger partial charge on any atom is -0.459 e. The SMILES string of the molecule is CO[C@@H]1CC[C@H](C(=O)NCc2cc3ccccc3o2)C[C@H]1NS(C)(=O)=O. The van der Waals surface area contributed by atoms with Gasteiger partial charge < -0.3 is 14.5 Å². The smallest absolute Gasteiger partial charge is 0.223 e. The van der Waals surface area contributed by atoms with E-state index in [4.69, 9.17) is 9.15 Å². The second-order valence-corrected chi connectivity index (χ2v) is 8.53. The number of fused-ring (bicyclic) bond motifs is 1. The van der Waals surface area contributed by atoms with Gasteiger partial charge in [0.25, 0.3) is 0 Å². The third kappa shape index (κ3) is 4.63. The maximum Gasteiger partial charge on any atom is 0.223 e. The predicted molar refractivity (Wildman–Crippen MR) is 98.0 cm³/mol. The zero-order valence-corrected chi connectivity index (χ0v) is 15.7. The summed E-state index contributed by atoms with van der Waals surface area (Å²) in [5, 5.41) is 3.89. The standard InChI is InChI=1S/C18H24N2O5S/c1-24-17-8-7-13(10-15(17)20-26(2,22)23)18(21)19-11-14-9-12-5-3-4-6-16(12)25-14/h3-6,9,13,15,17,20H,7-8,10-11H2,1-2H3,(H,19,21)/t13-,15+,17+/m0/s1. The molecule has 1 aromatic carbocycles. The number of hydrogen-bond acceptors (Lipinski definition) is 5. The van der Waals surface area contributed by atoms with Gasteiger partial charge in [-0.05, 0) is 31.4 Å². The molecule has 1 aliphatic carbocycles. The lowest BCUT2D eigenvalue weighted by Gasteiger charge is -2.34. The molecule has 3 rings (SSSR count). The maximum absolute atomic E-state index is 12.5. The molecule has 0 spiro atoms. The molecule has 1 amide bonds. The van der Waals surface area contributed by atoms with Crippen molar-refractivity contribution >= 4 is 26.9 Å². The molecule has 1 heterocycles. The van der Waals surface area contributed by atoms with Gasteiger partial charge in [-0.1, -0.05) is 18.2 Å². The molecule has 0 unspecified atom stereocenters. The number of rotatable bonds is 6. The zero-order valence-electron chi connectivity index (χ0n) is 14.9. The molecule has 26 heavy (non-hydrogen) atoms. The normalized spacial score (nSPS) is 23.8. The fraction of sp³-hybridized carbons (Fsp3) is 0.500. The number of benzene rings is 1. The monoisotopic (exact) mass is 380 g/mol. The Morgan fingerprint density at radius 1 is 1.31 bits per heavy atom. The van der Waals surface area contributed by atoms with Crippen molar-refractivity contribution in [3.05, 3.63) is 36.1 Å². The maximum atomic E-state index is 12.5. The lowest BCUT2D eigenvalue weighted by molar-refractivity contribution is -0.127. The van der Waals surface area contributed by atoms with Crippen LogP contribution in [0.2, 0.25) is 0 Å². The first-order valence-corrected chi connectivity index (χ1v) is 10.5. The van der Waals surface area contributed by atoms with E-state index in [1.165, 1.54) is 0 Å². The molecule has 142 valence electrons. The number of furan rings is 1. The molecule has 8 heteroatoms. The first kappa shape index (κ1) is 18.9. The topological polar surface area (TPSA) is 97.6 Å². The second-order valence-electron chi connectivity index (χ2n) is 6.75. The molecule has 3 atom stereocenters. The van der Waals surface area contributed by atoms with Gasteiger partial charge in [0.15, 0.2) is 0 Å².